The van der Waals surface area contributed by atoms with Crippen molar-refractivity contribution in [2.75, 3.05) is 6.61 Å². The Morgan fingerprint density at radius 2 is 1.95 bits per heavy atom. The van der Waals surface area contributed by atoms with Gasteiger partial charge in [0.1, 0.15) is 5.75 Å². The number of nitrogens with one attached hydrogen (secondary N) is 1. The van der Waals surface area contributed by atoms with Gasteiger partial charge in [0.2, 0.25) is 5.91 Å². The average Bonchev–Trinajstić information content (AvgIpc) is 2.53. The molecule has 1 N–H and O–H groups in total. The number of benzene rings is 2. The van der Waals surface area contributed by atoms with Gasteiger partial charge in [-0.05, 0) is 30.2 Å². The van der Waals surface area contributed by atoms with E-state index in [1.807, 2.05) is 48.5 Å². The zero-order chi connectivity index (χ0) is 14.7. The van der Waals surface area contributed by atoms with E-state index in [1.165, 1.54) is 0 Å². The fraction of sp³-hybridized carbons (Fsp3) is 0.235. The van der Waals surface area contributed by atoms with Gasteiger partial charge >= 0.3 is 0 Å². The largest absolute Gasteiger partial charge is 0.493 e. The van der Waals surface area contributed by atoms with Crippen LogP contribution in [-0.4, -0.2) is 12.5 Å². The van der Waals surface area contributed by atoms with Gasteiger partial charge in [-0.25, -0.2) is 0 Å². The molecule has 1 unspecified atom stereocenters. The Kier molecular flexibility index (Phi) is 4.11. The summed E-state index contributed by atoms with van der Waals surface area (Å²) < 4.78 is 5.59. The molecule has 0 saturated heterocycles. The molecule has 0 radical (unpaired) electrons. The molecule has 0 aromatic heterocycles. The molecule has 0 fully saturated rings. The lowest BCUT2D eigenvalue weighted by Gasteiger charge is -2.25. The summed E-state index contributed by atoms with van der Waals surface area (Å²) in [5.74, 6) is 0.721. The molecule has 4 heteroatoms. The van der Waals surface area contributed by atoms with Gasteiger partial charge in [0, 0.05) is 17.1 Å². The summed E-state index contributed by atoms with van der Waals surface area (Å²) in [6.45, 7) is 1.09. The highest BCUT2D eigenvalue weighted by molar-refractivity contribution is 6.30. The maximum absolute atomic E-state index is 12.4. The lowest BCUT2D eigenvalue weighted by molar-refractivity contribution is -0.123. The molecular formula is C17H16ClNO2. The van der Waals surface area contributed by atoms with Crippen LogP contribution in [0.1, 0.15) is 23.5 Å². The van der Waals surface area contributed by atoms with Crippen molar-refractivity contribution in [3.8, 4) is 5.75 Å². The molecule has 1 aliphatic rings. The maximum atomic E-state index is 12.4. The molecule has 0 saturated carbocycles. The van der Waals surface area contributed by atoms with Gasteiger partial charge in [-0.1, -0.05) is 41.9 Å². The minimum absolute atomic E-state index is 0.0423. The summed E-state index contributed by atoms with van der Waals surface area (Å²) in [4.78, 5) is 12.4. The Bertz CT molecular complexity index is 639. The highest BCUT2D eigenvalue weighted by Crippen LogP contribution is 2.33. The number of amides is 1. The van der Waals surface area contributed by atoms with Crippen LogP contribution in [0.5, 0.6) is 5.75 Å². The molecular weight excluding hydrogens is 286 g/mol. The number of halogens is 1. The minimum Gasteiger partial charge on any atom is -0.493 e. The predicted molar refractivity (Wildman–Crippen MR) is 82.6 cm³/mol. The van der Waals surface area contributed by atoms with Crippen LogP contribution in [0.3, 0.4) is 0 Å². The maximum Gasteiger partial charge on any atom is 0.228 e. The topological polar surface area (TPSA) is 38.3 Å². The van der Waals surface area contributed by atoms with Crippen LogP contribution in [0, 0.1) is 0 Å². The molecule has 21 heavy (non-hydrogen) atoms. The van der Waals surface area contributed by atoms with Crippen molar-refractivity contribution < 1.29 is 9.53 Å². The van der Waals surface area contributed by atoms with Gasteiger partial charge in [0.25, 0.3) is 0 Å². The van der Waals surface area contributed by atoms with E-state index in [0.717, 1.165) is 16.9 Å². The second-order valence-corrected chi connectivity index (χ2v) is 5.51. The summed E-state index contributed by atoms with van der Waals surface area (Å²) in [6, 6.07) is 15.2. The molecule has 0 spiro atoms. The van der Waals surface area contributed by atoms with Crippen LogP contribution in [0.4, 0.5) is 0 Å². The molecule has 2 aromatic rings. The van der Waals surface area contributed by atoms with Crippen LogP contribution in [0.2, 0.25) is 5.02 Å². The second kappa shape index (κ2) is 6.19. The Hall–Kier alpha value is -2.00. The first kappa shape index (κ1) is 14.0. The molecule has 1 heterocycles. The van der Waals surface area contributed by atoms with E-state index < -0.39 is 0 Å². The summed E-state index contributed by atoms with van der Waals surface area (Å²) in [6.07, 6.45) is 0.712. The Balaban J connectivity index is 1.68. The standard InChI is InChI=1S/C17H16ClNO2/c18-13-7-5-12(6-8-13)11-19-17(20)15-9-10-21-16-4-2-1-3-14(15)16/h1-8,15H,9-11H2,(H,19,20). The van der Waals surface area contributed by atoms with E-state index in [0.29, 0.717) is 24.6 Å². The number of hydrogen-bond donors (Lipinski definition) is 1. The lowest BCUT2D eigenvalue weighted by atomic mass is 9.92. The Morgan fingerprint density at radius 3 is 2.76 bits per heavy atom. The van der Waals surface area contributed by atoms with E-state index in [-0.39, 0.29) is 11.8 Å². The van der Waals surface area contributed by atoms with Crippen LogP contribution in [0.25, 0.3) is 0 Å². The summed E-state index contributed by atoms with van der Waals surface area (Å²) in [7, 11) is 0. The number of para-hydroxylation sites is 1. The highest BCUT2D eigenvalue weighted by Gasteiger charge is 2.26. The Labute approximate surface area is 128 Å². The quantitative estimate of drug-likeness (QED) is 0.942. The van der Waals surface area contributed by atoms with Crippen molar-refractivity contribution in [2.45, 2.75) is 18.9 Å². The van der Waals surface area contributed by atoms with E-state index in [1.54, 1.807) is 0 Å². The van der Waals surface area contributed by atoms with Crippen molar-refractivity contribution >= 4 is 17.5 Å². The predicted octanol–water partition coefficient (Wildman–Crippen LogP) is 3.52. The molecule has 0 aliphatic carbocycles. The molecule has 1 atom stereocenters. The third kappa shape index (κ3) is 3.19. The molecule has 3 nitrogen and oxygen atoms in total. The molecule has 3 rings (SSSR count). The van der Waals surface area contributed by atoms with Gasteiger partial charge in [-0.15, -0.1) is 0 Å². The molecule has 2 aromatic carbocycles. The first-order valence-electron chi connectivity index (χ1n) is 6.98. The van der Waals surface area contributed by atoms with E-state index in [4.69, 9.17) is 16.3 Å². The van der Waals surface area contributed by atoms with Gasteiger partial charge in [0.05, 0.1) is 12.5 Å². The third-order valence-electron chi connectivity index (χ3n) is 3.66. The normalized spacial score (nSPS) is 16.7. The van der Waals surface area contributed by atoms with E-state index in [9.17, 15) is 4.79 Å². The van der Waals surface area contributed by atoms with Crippen LogP contribution in [0.15, 0.2) is 48.5 Å². The number of rotatable bonds is 3. The lowest BCUT2D eigenvalue weighted by Crippen LogP contribution is -2.32. The molecule has 1 aliphatic heterocycles. The average molecular weight is 302 g/mol. The number of carbonyl (C=O) groups is 1. The van der Waals surface area contributed by atoms with Crippen molar-refractivity contribution in [3.63, 3.8) is 0 Å². The van der Waals surface area contributed by atoms with Gasteiger partial charge in [0.15, 0.2) is 0 Å². The molecule has 1 amide bonds. The first-order chi connectivity index (χ1) is 10.2. The number of hydrogen-bond acceptors (Lipinski definition) is 2. The van der Waals surface area contributed by atoms with Gasteiger partial charge in [-0.3, -0.25) is 4.79 Å². The highest BCUT2D eigenvalue weighted by atomic mass is 35.5. The van der Waals surface area contributed by atoms with Crippen molar-refractivity contribution in [2.24, 2.45) is 0 Å². The smallest absolute Gasteiger partial charge is 0.228 e. The van der Waals surface area contributed by atoms with E-state index >= 15 is 0 Å². The minimum atomic E-state index is -0.137. The second-order valence-electron chi connectivity index (χ2n) is 5.07. The van der Waals surface area contributed by atoms with Crippen LogP contribution >= 0.6 is 11.6 Å². The fourth-order valence-electron chi connectivity index (χ4n) is 2.53. The van der Waals surface area contributed by atoms with Crippen molar-refractivity contribution in [1.82, 2.24) is 5.32 Å². The third-order valence-corrected chi connectivity index (χ3v) is 3.91. The van der Waals surface area contributed by atoms with Crippen LogP contribution in [-0.2, 0) is 11.3 Å². The van der Waals surface area contributed by atoms with Crippen LogP contribution < -0.4 is 10.1 Å². The number of carbonyl (C=O) groups excluding carboxylic acids is 1. The molecule has 108 valence electrons. The number of fused-ring (bicyclic) bond motifs is 1. The van der Waals surface area contributed by atoms with Gasteiger partial charge < -0.3 is 10.1 Å². The summed E-state index contributed by atoms with van der Waals surface area (Å²) >= 11 is 5.85. The molecule has 0 bridgehead atoms. The SMILES string of the molecule is O=C(NCc1ccc(Cl)cc1)C1CCOc2ccccc21. The summed E-state index contributed by atoms with van der Waals surface area (Å²) in [5.41, 5.74) is 2.01. The Morgan fingerprint density at radius 1 is 1.19 bits per heavy atom. The van der Waals surface area contributed by atoms with Gasteiger partial charge in [-0.2, -0.15) is 0 Å². The zero-order valence-electron chi connectivity index (χ0n) is 11.5. The van der Waals surface area contributed by atoms with Crippen molar-refractivity contribution in [3.05, 3.63) is 64.7 Å². The van der Waals surface area contributed by atoms with Crippen molar-refractivity contribution in [1.29, 1.82) is 0 Å². The fourth-order valence-corrected chi connectivity index (χ4v) is 2.66. The van der Waals surface area contributed by atoms with E-state index in [2.05, 4.69) is 5.32 Å². The first-order valence-corrected chi connectivity index (χ1v) is 7.36. The zero-order valence-corrected chi connectivity index (χ0v) is 12.3. The summed E-state index contributed by atoms with van der Waals surface area (Å²) in [5, 5.41) is 3.69. The monoisotopic (exact) mass is 301 g/mol. The number of ether oxygens (including phenoxy) is 1.